The van der Waals surface area contributed by atoms with Crippen LogP contribution in [0.25, 0.3) is 0 Å². The van der Waals surface area contributed by atoms with Crippen LogP contribution in [0.4, 0.5) is 4.79 Å². The molecule has 11 fully saturated rings. The van der Waals surface area contributed by atoms with Crippen LogP contribution in [0, 0.1) is 29.6 Å². The van der Waals surface area contributed by atoms with Gasteiger partial charge in [0.25, 0.3) is 27.7 Å². The van der Waals surface area contributed by atoms with Gasteiger partial charge in [-0.25, -0.2) is 18.2 Å². The van der Waals surface area contributed by atoms with Crippen molar-refractivity contribution in [2.75, 3.05) is 26.2 Å². The van der Waals surface area contributed by atoms with Gasteiger partial charge in [-0.2, -0.15) is 4.31 Å². The Morgan fingerprint density at radius 2 is 0.723 bits per heavy atom. The van der Waals surface area contributed by atoms with Crippen LogP contribution in [0.1, 0.15) is 367 Å². The number of aromatic nitrogens is 1. The van der Waals surface area contributed by atoms with Crippen LogP contribution in [-0.4, -0.2) is 237 Å². The number of hydrogen-bond acceptors (Lipinski definition) is 25. The molecule has 9 saturated carbocycles. The number of rotatable bonds is 29. The summed E-state index contributed by atoms with van der Waals surface area (Å²) in [6.07, 6.45) is 50.0. The maximum Gasteiger partial charge on any atom is 0.408 e. The lowest BCUT2D eigenvalue weighted by Gasteiger charge is -2.28. The summed E-state index contributed by atoms with van der Waals surface area (Å²) < 4.78 is 47.9. The van der Waals surface area contributed by atoms with E-state index in [1.165, 1.54) is 118 Å². The molecular weight excluding hydrogens is 1830 g/mol. The van der Waals surface area contributed by atoms with Crippen molar-refractivity contribution in [3.63, 3.8) is 0 Å². The Morgan fingerprint density at radius 1 is 0.397 bits per heavy atom. The molecule has 0 radical (unpaired) electrons. The summed E-state index contributed by atoms with van der Waals surface area (Å²) in [7, 11) is -3.86. The number of amides is 9. The number of alkyl carbamates (subject to hydrolysis) is 1. The van der Waals surface area contributed by atoms with Crippen LogP contribution < -0.4 is 64.6 Å². The number of aliphatic hydroxyl groups excluding tert-OH is 6. The average Bonchev–Trinajstić information content (AvgIpc) is 1.22. The second-order valence-electron chi connectivity index (χ2n) is 42.5. The minimum atomic E-state index is -3.86. The quantitative estimate of drug-likeness (QED) is 0.0225. The monoisotopic (exact) mass is 2000 g/mol. The minimum Gasteiger partial charge on any atom is -0.459 e. The van der Waals surface area contributed by atoms with Gasteiger partial charge in [-0.3, -0.25) is 38.4 Å². The summed E-state index contributed by atoms with van der Waals surface area (Å²) in [6.45, 7) is 6.78. The first-order valence-corrected chi connectivity index (χ1v) is 55.0. The largest absolute Gasteiger partial charge is 0.459 e. The molecule has 10 unspecified atom stereocenters. The molecule has 6 heterocycles. The smallest absolute Gasteiger partial charge is 0.408 e. The fourth-order valence-electron chi connectivity index (χ4n) is 21.8. The molecule has 20 N–H and O–H groups in total. The van der Waals surface area contributed by atoms with Crippen molar-refractivity contribution >= 4 is 63.4 Å². The highest BCUT2D eigenvalue weighted by molar-refractivity contribution is 7.89. The summed E-state index contributed by atoms with van der Waals surface area (Å²) in [6, 6.07) is 9.85. The Kier molecular flexibility index (Phi) is 49.1. The van der Waals surface area contributed by atoms with Gasteiger partial charge in [-0.15, -0.1) is 0 Å². The predicted molar refractivity (Wildman–Crippen MR) is 534 cm³/mol. The molecule has 0 aromatic carbocycles. The third-order valence-corrected chi connectivity index (χ3v) is 31.8. The molecule has 15 rings (SSSR count). The highest BCUT2D eigenvalue weighted by Gasteiger charge is 2.40. The molecule has 17 atom stereocenters. The van der Waals surface area contributed by atoms with Crippen LogP contribution in [0.3, 0.4) is 0 Å². The van der Waals surface area contributed by atoms with Gasteiger partial charge < -0.3 is 113 Å². The van der Waals surface area contributed by atoms with Gasteiger partial charge in [0.05, 0.1) is 91.7 Å². The third-order valence-electron chi connectivity index (χ3n) is 30.0. The van der Waals surface area contributed by atoms with E-state index >= 15 is 0 Å². The normalized spacial score (nSPS) is 26.4. The number of nitrogens with one attached hydrogen (secondary N) is 10. The van der Waals surface area contributed by atoms with Gasteiger partial charge in [0.15, 0.2) is 22.3 Å². The number of β-amino-alcohol motifs (C(OH)–C–C–N with tert-alkyl or cyclic N) is 2. The van der Waals surface area contributed by atoms with E-state index < -0.39 is 94.4 Å². The third kappa shape index (κ3) is 40.1. The van der Waals surface area contributed by atoms with Crippen molar-refractivity contribution in [3.05, 3.63) is 96.9 Å². The van der Waals surface area contributed by atoms with E-state index in [1.807, 2.05) is 0 Å². The molecule has 9 aliphatic carbocycles. The lowest BCUT2D eigenvalue weighted by Crippen LogP contribution is -2.54. The maximum atomic E-state index is 13.3. The van der Waals surface area contributed by atoms with Crippen molar-refractivity contribution in [1.29, 1.82) is 0 Å². The SMILES string of the molecule is CC(C)(C)OC(=O)N[C@@H](CC1CCCC1)C(=O)NC1CCCCCC1O.N[C@@H](CC1CCCC1)C(=O)NC1CCCCCC1O.N[C@@H]1CCCCC[C@H]1O.O=C(N[C@@H](CC1CCCC1)C(=O)NC1CCCCCC1O)c1ccco1.O=C(N[C@@H](CC1CCCC1)C(=O)NC1CCCN(S(=O)(=O)c2ccccn2)CC1O)c1ccco1.O=C(N[C@@H](CC1CCCC1)C(=O)NC1CCCNCC1O)c1ccco1. The molecule has 2 saturated heterocycles. The highest BCUT2D eigenvalue weighted by atomic mass is 32.2. The topological polar surface area (TPSA) is 546 Å². The Balaban J connectivity index is 0.000000179. The molecule has 9 amide bonds. The van der Waals surface area contributed by atoms with Crippen molar-refractivity contribution in [3.8, 4) is 0 Å². The number of ether oxygens (including phenoxy) is 1. The maximum absolute atomic E-state index is 13.3. The van der Waals surface area contributed by atoms with E-state index in [1.54, 1.807) is 63.2 Å². The molecule has 0 bridgehead atoms. The lowest BCUT2D eigenvalue weighted by atomic mass is 9.97. The van der Waals surface area contributed by atoms with E-state index in [4.69, 9.17) is 29.5 Å². The standard InChI is InChI=1S/C24H32N4O6S.C20H30N2O4.C20H36N2O4.C19H29N3O4.C15H28N2O2.C7H15NO/c29-20-16-28(35(32,33)22-11-3-4-12-25-22)13-5-9-18(20)26-23(30)19(15-17-7-1-2-8-17)27-24(31)21-10-6-14-34-21;23-17-10-3-1-2-9-15(17)21-19(24)16(13-14-7-4-5-8-14)22-20(25)18-11-6-12-26-18;1-20(2,3)26-19(25)22-16(13-14-9-7-8-10-14)18(24)21-15-11-5-4-6-12-17(15)23;23-16-12-20-9-3-7-14(16)21-18(24)15(11-13-5-1-2-6-13)22-19(25)17-8-4-10-26-17;16-12(10-11-6-4-5-7-11)15(19)17-13-8-2-1-3-9-14(13)18;8-6-4-2-1-3-5-7(6)9/h3-4,6,10-12,14,17-20,29H,1-2,5,7-9,13,15-16H2,(H,26,30)(H,27,31);6,11-12,14-17,23H,1-5,7-10,13H2,(H,21,24)(H,22,25);14-17,23H,4-13H2,1-3H3,(H,21,24)(H,22,25);4,8,10,13-16,20,23H,1-3,5-7,9,11-12H2,(H,21,24)(H,22,25);11-14,18H,1-10,16H2,(H,17,19);6-7,9H,1-5,8H2/t18?,19-,20?;2*15?,16-,17?;14?,15-,16?;12-,13?,14?;6-,7-/m000001/s1. The molecule has 36 heteroatoms. The Hall–Kier alpha value is -8.43. The molecule has 2 aliphatic heterocycles. The number of furan rings is 3. The zero-order chi connectivity index (χ0) is 101. The van der Waals surface area contributed by atoms with Gasteiger partial charge in [-0.1, -0.05) is 212 Å². The van der Waals surface area contributed by atoms with Crippen LogP contribution in [0.15, 0.2) is 97.9 Å². The summed E-state index contributed by atoms with van der Waals surface area (Å²) >= 11 is 0. The summed E-state index contributed by atoms with van der Waals surface area (Å²) in [5, 5.41) is 89.9. The van der Waals surface area contributed by atoms with E-state index in [0.717, 1.165) is 206 Å². The van der Waals surface area contributed by atoms with Crippen LogP contribution in [-0.2, 0) is 38.7 Å². The van der Waals surface area contributed by atoms with Crippen LogP contribution >= 0.6 is 0 Å². The molecular formula is C105H170N14O21S. The van der Waals surface area contributed by atoms with E-state index in [-0.39, 0.29) is 113 Å². The molecule has 11 aliphatic rings. The van der Waals surface area contributed by atoms with Crippen molar-refractivity contribution in [1.82, 2.24) is 62.5 Å². The summed E-state index contributed by atoms with van der Waals surface area (Å²) in [4.78, 5) is 117. The zero-order valence-corrected chi connectivity index (χ0v) is 84.8. The number of aliphatic hydroxyl groups is 6. The molecule has 0 spiro atoms. The predicted octanol–water partition coefficient (Wildman–Crippen LogP) is 11.3. The first-order valence-electron chi connectivity index (χ1n) is 53.6. The lowest BCUT2D eigenvalue weighted by molar-refractivity contribution is -0.125. The number of carbonyl (C=O) groups is 9. The van der Waals surface area contributed by atoms with E-state index in [0.29, 0.717) is 74.7 Å². The summed E-state index contributed by atoms with van der Waals surface area (Å²) in [5.41, 5.74) is 11.0. The van der Waals surface area contributed by atoms with Gasteiger partial charge in [0.1, 0.15) is 29.8 Å². The molecule has 4 aromatic heterocycles. The number of nitrogens with zero attached hydrogens (tertiary/aromatic N) is 2. The molecule has 35 nitrogen and oxygen atoms in total. The number of hydrogen-bond donors (Lipinski definition) is 18. The Bertz CT molecular complexity index is 4290. The average molecular weight is 2000 g/mol. The fraction of sp³-hybridized carbons (Fsp3) is 0.752. The molecule has 792 valence electrons. The van der Waals surface area contributed by atoms with Gasteiger partial charge in [0.2, 0.25) is 29.5 Å². The van der Waals surface area contributed by atoms with E-state index in [2.05, 4.69) is 58.2 Å². The van der Waals surface area contributed by atoms with Crippen LogP contribution in [0.2, 0.25) is 0 Å². The Morgan fingerprint density at radius 3 is 1.09 bits per heavy atom. The first-order chi connectivity index (χ1) is 67.8. The number of nitrogens with two attached hydrogens (primary N) is 2. The van der Waals surface area contributed by atoms with Crippen molar-refractivity contribution in [2.45, 2.75) is 449 Å². The van der Waals surface area contributed by atoms with Gasteiger partial charge >= 0.3 is 6.09 Å². The highest BCUT2D eigenvalue weighted by Crippen LogP contribution is 2.35. The van der Waals surface area contributed by atoms with Crippen molar-refractivity contribution < 1.29 is 100 Å². The number of pyridine rings is 1. The van der Waals surface area contributed by atoms with Crippen LogP contribution in [0.5, 0.6) is 0 Å². The Labute approximate surface area is 834 Å². The number of carbonyl (C=O) groups excluding carboxylic acids is 9. The van der Waals surface area contributed by atoms with Gasteiger partial charge in [-0.05, 0) is 215 Å². The van der Waals surface area contributed by atoms with Crippen molar-refractivity contribution in [2.24, 2.45) is 41.1 Å². The fourth-order valence-corrected chi connectivity index (χ4v) is 23.2. The summed E-state index contributed by atoms with van der Waals surface area (Å²) in [5.74, 6) is 0.577. The second-order valence-corrected chi connectivity index (χ2v) is 44.3. The molecule has 4 aromatic rings. The minimum absolute atomic E-state index is 0.0486. The number of sulfonamides is 1. The molecule has 141 heavy (non-hydrogen) atoms. The second kappa shape index (κ2) is 60.5. The zero-order valence-electron chi connectivity index (χ0n) is 83.9. The van der Waals surface area contributed by atoms with Gasteiger partial charge in [0, 0.05) is 31.9 Å². The van der Waals surface area contributed by atoms with E-state index in [9.17, 15) is 82.2 Å². The first kappa shape index (κ1) is 115.